The van der Waals surface area contributed by atoms with Gasteiger partial charge in [-0.1, -0.05) is 0 Å². The van der Waals surface area contributed by atoms with Crippen LogP contribution in [0.2, 0.25) is 0 Å². The summed E-state index contributed by atoms with van der Waals surface area (Å²) in [4.78, 5) is 14.4. The molecule has 2 aromatic rings. The lowest BCUT2D eigenvalue weighted by atomic mass is 10.0. The second kappa shape index (κ2) is 4.97. The molecular weight excluding hydrogens is 242 g/mol. The molecule has 0 unspecified atom stereocenters. The van der Waals surface area contributed by atoms with E-state index < -0.39 is 0 Å². The summed E-state index contributed by atoms with van der Waals surface area (Å²) in [5.41, 5.74) is 7.10. The lowest BCUT2D eigenvalue weighted by molar-refractivity contribution is 0.0623. The fourth-order valence-corrected chi connectivity index (χ4v) is 2.63. The molecule has 1 aliphatic heterocycles. The molecule has 0 spiro atoms. The van der Waals surface area contributed by atoms with Crippen molar-refractivity contribution in [1.82, 2.24) is 19.5 Å². The average molecular weight is 259 g/mol. The van der Waals surface area contributed by atoms with E-state index in [-0.39, 0.29) is 11.9 Å². The number of amides is 1. The van der Waals surface area contributed by atoms with E-state index >= 15 is 0 Å². The molecule has 0 bridgehead atoms. The van der Waals surface area contributed by atoms with E-state index in [1.807, 2.05) is 11.1 Å². The van der Waals surface area contributed by atoms with Crippen LogP contribution >= 0.6 is 0 Å². The van der Waals surface area contributed by atoms with Crippen molar-refractivity contribution in [1.29, 1.82) is 0 Å². The number of nitrogens with two attached hydrogens (primary N) is 1. The minimum absolute atomic E-state index is 0.0423. The third-order valence-corrected chi connectivity index (χ3v) is 3.71. The highest BCUT2D eigenvalue weighted by molar-refractivity contribution is 5.95. The lowest BCUT2D eigenvalue weighted by Gasteiger charge is -2.35. The highest BCUT2D eigenvalue weighted by Gasteiger charge is 2.26. The Labute approximate surface area is 111 Å². The second-order valence-electron chi connectivity index (χ2n) is 4.90. The van der Waals surface area contributed by atoms with E-state index in [4.69, 9.17) is 5.73 Å². The summed E-state index contributed by atoms with van der Waals surface area (Å²) in [5, 5.41) is 7.78. The van der Waals surface area contributed by atoms with Gasteiger partial charge in [-0.05, 0) is 31.4 Å². The molecule has 0 aromatic carbocycles. The first kappa shape index (κ1) is 12.1. The molecule has 100 valence electrons. The number of carbonyl (C=O) groups excluding carboxylic acids is 1. The molecule has 0 aliphatic carbocycles. The molecule has 1 atom stereocenters. The molecule has 1 saturated heterocycles. The summed E-state index contributed by atoms with van der Waals surface area (Å²) in [7, 11) is 0. The number of aromatic nitrogens is 3. The van der Waals surface area contributed by atoms with Gasteiger partial charge >= 0.3 is 0 Å². The molecule has 2 aromatic heterocycles. The highest BCUT2D eigenvalue weighted by Crippen LogP contribution is 2.19. The van der Waals surface area contributed by atoms with Crippen molar-refractivity contribution in [2.24, 2.45) is 5.73 Å². The summed E-state index contributed by atoms with van der Waals surface area (Å²) < 4.78 is 1.79. The predicted octanol–water partition coefficient (Wildman–Crippen LogP) is 0.683. The molecule has 19 heavy (non-hydrogen) atoms. The first-order chi connectivity index (χ1) is 9.29. The number of rotatable bonds is 2. The van der Waals surface area contributed by atoms with E-state index in [9.17, 15) is 4.79 Å². The van der Waals surface area contributed by atoms with Crippen LogP contribution in [0.15, 0.2) is 24.7 Å². The maximum absolute atomic E-state index is 12.5. The van der Waals surface area contributed by atoms with Crippen molar-refractivity contribution in [3.05, 3.63) is 30.2 Å². The van der Waals surface area contributed by atoms with Gasteiger partial charge in [0.25, 0.3) is 5.91 Å². The van der Waals surface area contributed by atoms with E-state index in [0.717, 1.165) is 25.8 Å². The monoisotopic (exact) mass is 259 g/mol. The zero-order valence-electron chi connectivity index (χ0n) is 10.7. The van der Waals surface area contributed by atoms with Gasteiger partial charge in [-0.25, -0.2) is 0 Å². The Morgan fingerprint density at radius 2 is 2.37 bits per heavy atom. The predicted molar refractivity (Wildman–Crippen MR) is 70.7 cm³/mol. The number of carbonyl (C=O) groups is 1. The molecule has 3 rings (SSSR count). The van der Waals surface area contributed by atoms with Gasteiger partial charge in [-0.15, -0.1) is 10.2 Å². The van der Waals surface area contributed by atoms with Crippen LogP contribution in [-0.2, 0) is 0 Å². The normalized spacial score (nSPS) is 19.8. The zero-order valence-corrected chi connectivity index (χ0v) is 10.7. The molecule has 6 heteroatoms. The van der Waals surface area contributed by atoms with E-state index in [2.05, 4.69) is 10.2 Å². The van der Waals surface area contributed by atoms with Gasteiger partial charge in [-0.3, -0.25) is 9.20 Å². The van der Waals surface area contributed by atoms with Crippen molar-refractivity contribution >= 4 is 11.6 Å². The zero-order chi connectivity index (χ0) is 13.2. The smallest absolute Gasteiger partial charge is 0.254 e. The lowest BCUT2D eigenvalue weighted by Crippen LogP contribution is -2.47. The molecule has 0 saturated carbocycles. The number of pyridine rings is 1. The summed E-state index contributed by atoms with van der Waals surface area (Å²) in [6.07, 6.45) is 6.62. The van der Waals surface area contributed by atoms with Crippen LogP contribution in [0.3, 0.4) is 0 Å². The second-order valence-corrected chi connectivity index (χ2v) is 4.90. The number of nitrogens with zero attached hydrogens (tertiary/aromatic N) is 4. The van der Waals surface area contributed by atoms with Crippen molar-refractivity contribution < 1.29 is 4.79 Å². The number of likely N-dealkylation sites (tertiary alicyclic amines) is 1. The molecule has 1 amide bonds. The first-order valence-corrected chi connectivity index (χ1v) is 6.60. The Hall–Kier alpha value is -1.95. The minimum Gasteiger partial charge on any atom is -0.334 e. The standard InChI is InChI=1S/C13H17N5O/c14-8-11-3-1-2-5-18(11)13(19)10-4-6-17-9-15-16-12(17)7-10/h4,6-7,9,11H,1-3,5,8,14H2/t11-/m1/s1. The maximum atomic E-state index is 12.5. The summed E-state index contributed by atoms with van der Waals surface area (Å²) in [6, 6.07) is 3.74. The quantitative estimate of drug-likeness (QED) is 0.860. The van der Waals surface area contributed by atoms with Crippen molar-refractivity contribution in [2.45, 2.75) is 25.3 Å². The van der Waals surface area contributed by atoms with Gasteiger partial charge in [0.05, 0.1) is 0 Å². The van der Waals surface area contributed by atoms with E-state index in [1.165, 1.54) is 0 Å². The Kier molecular flexibility index (Phi) is 3.16. The highest BCUT2D eigenvalue weighted by atomic mass is 16.2. The molecule has 6 nitrogen and oxygen atoms in total. The Bertz CT molecular complexity index is 593. The third kappa shape index (κ3) is 2.19. The molecule has 1 fully saturated rings. The van der Waals surface area contributed by atoms with Crippen LogP contribution in [-0.4, -0.2) is 44.5 Å². The fourth-order valence-electron chi connectivity index (χ4n) is 2.63. The average Bonchev–Trinajstić information content (AvgIpc) is 2.93. The van der Waals surface area contributed by atoms with Gasteiger partial charge in [-0.2, -0.15) is 0 Å². The van der Waals surface area contributed by atoms with Gasteiger partial charge in [0, 0.05) is 30.9 Å². The number of hydrogen-bond donors (Lipinski definition) is 1. The Balaban J connectivity index is 1.89. The molecule has 2 N–H and O–H groups in total. The minimum atomic E-state index is 0.0423. The van der Waals surface area contributed by atoms with Crippen LogP contribution in [0.5, 0.6) is 0 Å². The maximum Gasteiger partial charge on any atom is 0.254 e. The van der Waals surface area contributed by atoms with E-state index in [1.54, 1.807) is 22.9 Å². The molecule has 3 heterocycles. The number of piperidine rings is 1. The first-order valence-electron chi connectivity index (χ1n) is 6.60. The van der Waals surface area contributed by atoms with Crippen LogP contribution in [0.4, 0.5) is 0 Å². The molecule has 0 radical (unpaired) electrons. The van der Waals surface area contributed by atoms with Gasteiger partial charge in [0.1, 0.15) is 6.33 Å². The SMILES string of the molecule is NC[C@H]1CCCCN1C(=O)c1ccn2cnnc2c1. The summed E-state index contributed by atoms with van der Waals surface area (Å²) in [5.74, 6) is 0.0423. The van der Waals surface area contributed by atoms with Crippen LogP contribution in [0.1, 0.15) is 29.6 Å². The largest absolute Gasteiger partial charge is 0.334 e. The Morgan fingerprint density at radius 3 is 3.21 bits per heavy atom. The summed E-state index contributed by atoms with van der Waals surface area (Å²) in [6.45, 7) is 1.32. The van der Waals surface area contributed by atoms with Crippen molar-refractivity contribution in [3.8, 4) is 0 Å². The topological polar surface area (TPSA) is 76.5 Å². The summed E-state index contributed by atoms with van der Waals surface area (Å²) >= 11 is 0. The third-order valence-electron chi connectivity index (χ3n) is 3.71. The van der Waals surface area contributed by atoms with Crippen LogP contribution < -0.4 is 5.73 Å². The van der Waals surface area contributed by atoms with Crippen LogP contribution in [0.25, 0.3) is 5.65 Å². The fraction of sp³-hybridized carbons (Fsp3) is 0.462. The van der Waals surface area contributed by atoms with Gasteiger partial charge in [0.15, 0.2) is 5.65 Å². The number of hydrogen-bond acceptors (Lipinski definition) is 4. The van der Waals surface area contributed by atoms with Gasteiger partial charge in [0.2, 0.25) is 0 Å². The molecular formula is C13H17N5O. The van der Waals surface area contributed by atoms with E-state index in [0.29, 0.717) is 17.8 Å². The Morgan fingerprint density at radius 1 is 1.47 bits per heavy atom. The van der Waals surface area contributed by atoms with Crippen molar-refractivity contribution in [2.75, 3.05) is 13.1 Å². The molecule has 1 aliphatic rings. The number of fused-ring (bicyclic) bond motifs is 1. The van der Waals surface area contributed by atoms with Gasteiger partial charge < -0.3 is 10.6 Å². The van der Waals surface area contributed by atoms with Crippen LogP contribution in [0, 0.1) is 0 Å². The van der Waals surface area contributed by atoms with Crippen molar-refractivity contribution in [3.63, 3.8) is 0 Å².